The maximum absolute atomic E-state index is 11.0. The molecule has 0 radical (unpaired) electrons. The summed E-state index contributed by atoms with van der Waals surface area (Å²) in [7, 11) is 0. The van der Waals surface area contributed by atoms with Crippen LogP contribution in [0.2, 0.25) is 0 Å². The quantitative estimate of drug-likeness (QED) is 0.632. The predicted molar refractivity (Wildman–Crippen MR) is 49.0 cm³/mol. The molecular formula is C8H14O3S. The lowest BCUT2D eigenvalue weighted by Gasteiger charge is -2.07. The van der Waals surface area contributed by atoms with Crippen LogP contribution in [0.3, 0.4) is 0 Å². The normalized spacial score (nSPS) is 12.2. The van der Waals surface area contributed by atoms with Crippen LogP contribution in [-0.4, -0.2) is 22.9 Å². The summed E-state index contributed by atoms with van der Waals surface area (Å²) in [6, 6.07) is 0. The molecule has 1 unspecified atom stereocenters. The Morgan fingerprint density at radius 3 is 2.42 bits per heavy atom. The van der Waals surface area contributed by atoms with Gasteiger partial charge in [-0.2, -0.15) is 0 Å². The second kappa shape index (κ2) is 6.06. The van der Waals surface area contributed by atoms with Crippen molar-refractivity contribution in [1.82, 2.24) is 0 Å². The Hall–Kier alpha value is -0.510. The lowest BCUT2D eigenvalue weighted by atomic mass is 10.5. The summed E-state index contributed by atoms with van der Waals surface area (Å²) in [4.78, 5) is 21.9. The highest BCUT2D eigenvalue weighted by Crippen LogP contribution is 2.14. The number of hydrogen-bond donors (Lipinski definition) is 0. The van der Waals surface area contributed by atoms with E-state index >= 15 is 0 Å². The number of hydrogen-bond acceptors (Lipinski definition) is 4. The summed E-state index contributed by atoms with van der Waals surface area (Å²) in [5, 5.41) is -0.354. The average Bonchev–Trinajstić information content (AvgIpc) is 2.04. The van der Waals surface area contributed by atoms with Gasteiger partial charge >= 0.3 is 5.97 Å². The van der Waals surface area contributed by atoms with E-state index in [1.54, 1.807) is 20.8 Å². The average molecular weight is 190 g/mol. The molecule has 0 aliphatic carbocycles. The second-order valence-corrected chi connectivity index (χ2v) is 3.64. The van der Waals surface area contributed by atoms with Gasteiger partial charge in [-0.25, -0.2) is 0 Å². The Bertz CT molecular complexity index is 168. The Morgan fingerprint density at radius 1 is 1.42 bits per heavy atom. The van der Waals surface area contributed by atoms with E-state index in [4.69, 9.17) is 4.74 Å². The third-order valence-corrected chi connectivity index (χ3v) is 2.31. The van der Waals surface area contributed by atoms with Crippen molar-refractivity contribution >= 4 is 22.8 Å². The van der Waals surface area contributed by atoms with Gasteiger partial charge in [0.2, 0.25) is 0 Å². The van der Waals surface area contributed by atoms with E-state index in [-0.39, 0.29) is 16.3 Å². The summed E-state index contributed by atoms with van der Waals surface area (Å²) >= 11 is 1.03. The summed E-state index contributed by atoms with van der Waals surface area (Å²) in [5.74, 6) is -0.315. The highest BCUT2D eigenvalue weighted by Gasteiger charge is 2.17. The van der Waals surface area contributed by atoms with Gasteiger partial charge in [0, 0.05) is 6.42 Å². The molecule has 0 N–H and O–H groups in total. The fraction of sp³-hybridized carbons (Fsp3) is 0.750. The largest absolute Gasteiger partial charge is 0.465 e. The molecule has 4 heteroatoms. The van der Waals surface area contributed by atoms with Crippen LogP contribution >= 0.6 is 11.8 Å². The molecule has 0 spiro atoms. The minimum atomic E-state index is -0.377. The maximum Gasteiger partial charge on any atom is 0.319 e. The highest BCUT2D eigenvalue weighted by molar-refractivity contribution is 8.14. The van der Waals surface area contributed by atoms with Crippen molar-refractivity contribution in [3.05, 3.63) is 0 Å². The number of ether oxygens (including phenoxy) is 1. The lowest BCUT2D eigenvalue weighted by Crippen LogP contribution is -2.18. The van der Waals surface area contributed by atoms with Gasteiger partial charge in [-0.05, 0) is 13.8 Å². The van der Waals surface area contributed by atoms with Crippen LogP contribution < -0.4 is 0 Å². The molecule has 0 heterocycles. The van der Waals surface area contributed by atoms with E-state index in [1.165, 1.54) is 0 Å². The smallest absolute Gasteiger partial charge is 0.319 e. The number of rotatable bonds is 4. The third kappa shape index (κ3) is 4.38. The Kier molecular flexibility index (Phi) is 5.80. The summed E-state index contributed by atoms with van der Waals surface area (Å²) in [6.45, 7) is 5.56. The molecule has 3 nitrogen and oxygen atoms in total. The lowest BCUT2D eigenvalue weighted by molar-refractivity contribution is -0.142. The van der Waals surface area contributed by atoms with Crippen molar-refractivity contribution in [3.8, 4) is 0 Å². The minimum Gasteiger partial charge on any atom is -0.465 e. The van der Waals surface area contributed by atoms with Gasteiger partial charge in [0.05, 0.1) is 6.61 Å². The molecular weight excluding hydrogens is 176 g/mol. The number of esters is 1. The Labute approximate surface area is 76.9 Å². The van der Waals surface area contributed by atoms with Crippen LogP contribution in [0.5, 0.6) is 0 Å². The Morgan fingerprint density at radius 2 is 2.00 bits per heavy atom. The molecule has 0 aromatic rings. The van der Waals surface area contributed by atoms with Crippen LogP contribution in [0.1, 0.15) is 27.2 Å². The van der Waals surface area contributed by atoms with Crippen molar-refractivity contribution in [2.24, 2.45) is 0 Å². The molecule has 0 saturated heterocycles. The van der Waals surface area contributed by atoms with E-state index in [1.807, 2.05) is 0 Å². The van der Waals surface area contributed by atoms with Crippen LogP contribution in [0.15, 0.2) is 0 Å². The first-order chi connectivity index (χ1) is 5.61. The first-order valence-corrected chi connectivity index (χ1v) is 4.85. The summed E-state index contributed by atoms with van der Waals surface area (Å²) < 4.78 is 4.74. The summed E-state index contributed by atoms with van der Waals surface area (Å²) in [6.07, 6.45) is 0.453. The topological polar surface area (TPSA) is 43.4 Å². The molecule has 0 amide bonds. The fourth-order valence-electron chi connectivity index (χ4n) is 0.588. The van der Waals surface area contributed by atoms with Gasteiger partial charge in [-0.3, -0.25) is 9.59 Å². The van der Waals surface area contributed by atoms with Gasteiger partial charge in [-0.1, -0.05) is 18.7 Å². The van der Waals surface area contributed by atoms with Crippen LogP contribution in [0.4, 0.5) is 0 Å². The molecule has 0 aromatic heterocycles. The zero-order valence-corrected chi connectivity index (χ0v) is 8.44. The van der Waals surface area contributed by atoms with Gasteiger partial charge in [-0.15, -0.1) is 0 Å². The second-order valence-electron chi connectivity index (χ2n) is 2.24. The SMILES string of the molecule is CCOC(=O)C(C)SC(=O)CC. The molecule has 0 aliphatic rings. The van der Waals surface area contributed by atoms with Crippen molar-refractivity contribution in [2.75, 3.05) is 6.61 Å². The molecule has 0 rings (SSSR count). The zero-order chi connectivity index (χ0) is 9.56. The molecule has 0 aliphatic heterocycles. The van der Waals surface area contributed by atoms with Crippen molar-refractivity contribution < 1.29 is 14.3 Å². The fourth-order valence-corrected chi connectivity index (χ4v) is 1.31. The van der Waals surface area contributed by atoms with Crippen LogP contribution in [-0.2, 0) is 14.3 Å². The van der Waals surface area contributed by atoms with Crippen molar-refractivity contribution in [2.45, 2.75) is 32.4 Å². The van der Waals surface area contributed by atoms with E-state index in [0.717, 1.165) is 11.8 Å². The van der Waals surface area contributed by atoms with E-state index in [0.29, 0.717) is 13.0 Å². The predicted octanol–water partition coefficient (Wildman–Crippen LogP) is 1.61. The molecule has 70 valence electrons. The van der Waals surface area contributed by atoms with Crippen molar-refractivity contribution in [1.29, 1.82) is 0 Å². The van der Waals surface area contributed by atoms with Crippen LogP contribution in [0, 0.1) is 0 Å². The van der Waals surface area contributed by atoms with E-state index < -0.39 is 0 Å². The Balaban J connectivity index is 3.78. The van der Waals surface area contributed by atoms with E-state index in [9.17, 15) is 9.59 Å². The molecule has 0 aromatic carbocycles. The number of carbonyl (C=O) groups is 2. The number of carbonyl (C=O) groups excluding carboxylic acids is 2. The van der Waals surface area contributed by atoms with Gasteiger partial charge in [0.1, 0.15) is 5.25 Å². The molecule has 0 bridgehead atoms. The molecule has 12 heavy (non-hydrogen) atoms. The van der Waals surface area contributed by atoms with Gasteiger partial charge < -0.3 is 4.74 Å². The molecule has 0 fully saturated rings. The van der Waals surface area contributed by atoms with E-state index in [2.05, 4.69) is 0 Å². The van der Waals surface area contributed by atoms with Crippen molar-refractivity contribution in [3.63, 3.8) is 0 Å². The first kappa shape index (κ1) is 11.5. The van der Waals surface area contributed by atoms with Gasteiger partial charge in [0.15, 0.2) is 5.12 Å². The molecule has 1 atom stereocenters. The monoisotopic (exact) mass is 190 g/mol. The molecule has 0 saturated carbocycles. The maximum atomic E-state index is 11.0. The minimum absolute atomic E-state index is 0.0237. The third-order valence-electron chi connectivity index (χ3n) is 1.22. The first-order valence-electron chi connectivity index (χ1n) is 3.97. The van der Waals surface area contributed by atoms with Gasteiger partial charge in [0.25, 0.3) is 0 Å². The zero-order valence-electron chi connectivity index (χ0n) is 7.62. The van der Waals surface area contributed by atoms with Crippen LogP contribution in [0.25, 0.3) is 0 Å². The highest BCUT2D eigenvalue weighted by atomic mass is 32.2. The number of thioether (sulfide) groups is 1. The summed E-state index contributed by atoms with van der Waals surface area (Å²) in [5.41, 5.74) is 0. The standard InChI is InChI=1S/C8H14O3S/c1-4-7(9)12-6(3)8(10)11-5-2/h6H,4-5H2,1-3H3.